The van der Waals surface area contributed by atoms with Crippen molar-refractivity contribution >= 4 is 27.4 Å². The number of nitrogens with two attached hydrogens (primary N) is 1. The molecule has 1 fully saturated rings. The number of ether oxygens (including phenoxy) is 1. The summed E-state index contributed by atoms with van der Waals surface area (Å²) >= 11 is 1.60. The summed E-state index contributed by atoms with van der Waals surface area (Å²) in [5, 5.41) is 2.97. The summed E-state index contributed by atoms with van der Waals surface area (Å²) in [5.74, 6) is 7.06. The molecule has 0 radical (unpaired) electrons. The normalized spacial score (nSPS) is 20.6. The van der Waals surface area contributed by atoms with E-state index in [1.54, 1.807) is 18.4 Å². The van der Waals surface area contributed by atoms with Crippen molar-refractivity contribution in [3.05, 3.63) is 17.3 Å². The lowest BCUT2D eigenvalue weighted by Crippen LogP contribution is -2.38. The van der Waals surface area contributed by atoms with E-state index in [0.717, 1.165) is 41.7 Å². The number of nitrogen functional groups attached to an aromatic ring is 1. The van der Waals surface area contributed by atoms with Crippen molar-refractivity contribution in [2.45, 2.75) is 45.1 Å². The highest BCUT2D eigenvalue weighted by molar-refractivity contribution is 7.16. The van der Waals surface area contributed by atoms with E-state index in [2.05, 4.69) is 24.3 Å². The van der Waals surface area contributed by atoms with E-state index in [-0.39, 0.29) is 5.60 Å². The zero-order chi connectivity index (χ0) is 15.1. The van der Waals surface area contributed by atoms with E-state index >= 15 is 0 Å². The maximum atomic E-state index is 5.89. The van der Waals surface area contributed by atoms with Crippen LogP contribution in [0.4, 0.5) is 5.82 Å². The Bertz CT molecular complexity index is 642. The third-order valence-electron chi connectivity index (χ3n) is 4.67. The average Bonchev–Trinajstić information content (AvgIpc) is 2.95. The molecular weight excluding hydrogens is 284 g/mol. The Kier molecular flexibility index (Phi) is 3.63. The molecule has 0 unspecified atom stereocenters. The molecule has 2 aromatic rings. The van der Waals surface area contributed by atoms with Gasteiger partial charge in [-0.15, -0.1) is 11.3 Å². The summed E-state index contributed by atoms with van der Waals surface area (Å²) in [6.45, 7) is 4.62. The predicted molar refractivity (Wildman–Crippen MR) is 86.2 cm³/mol. The van der Waals surface area contributed by atoms with Crippen LogP contribution in [-0.4, -0.2) is 17.1 Å². The van der Waals surface area contributed by atoms with Crippen LogP contribution < -0.4 is 11.3 Å². The molecule has 0 spiro atoms. The Hall–Kier alpha value is -1.24. The molecule has 0 atom stereocenters. The van der Waals surface area contributed by atoms with Gasteiger partial charge in [0.05, 0.1) is 5.39 Å². The number of fused-ring (bicyclic) bond motifs is 1. The smallest absolute Gasteiger partial charge is 0.164 e. The standard InChI is InChI=1S/C15H22N4OS/c1-14(2)5-7-15(20-3,8-6-14)13-17-11(19-16)10-4-9-21-12(10)18-13/h4,9H,5-8,16H2,1-3H3,(H,17,18,19). The minimum Gasteiger partial charge on any atom is -0.370 e. The fraction of sp³-hybridized carbons (Fsp3) is 0.600. The number of hydrazine groups is 1. The zero-order valence-electron chi connectivity index (χ0n) is 12.8. The van der Waals surface area contributed by atoms with Crippen molar-refractivity contribution in [2.24, 2.45) is 11.3 Å². The lowest BCUT2D eigenvalue weighted by Gasteiger charge is -2.41. The van der Waals surface area contributed by atoms with Gasteiger partial charge in [0.25, 0.3) is 0 Å². The van der Waals surface area contributed by atoms with E-state index in [4.69, 9.17) is 15.6 Å². The van der Waals surface area contributed by atoms with Crippen molar-refractivity contribution in [1.82, 2.24) is 9.97 Å². The second-order valence-electron chi connectivity index (χ2n) is 6.54. The Morgan fingerprint density at radius 2 is 1.95 bits per heavy atom. The molecular formula is C15H22N4OS. The summed E-state index contributed by atoms with van der Waals surface area (Å²) in [7, 11) is 1.76. The highest BCUT2D eigenvalue weighted by Gasteiger charge is 2.42. The van der Waals surface area contributed by atoms with Crippen molar-refractivity contribution in [3.8, 4) is 0 Å². The van der Waals surface area contributed by atoms with Gasteiger partial charge in [-0.05, 0) is 42.5 Å². The fourth-order valence-corrected chi connectivity index (χ4v) is 3.78. The Morgan fingerprint density at radius 3 is 2.57 bits per heavy atom. The molecule has 3 N–H and O–H groups in total. The summed E-state index contributed by atoms with van der Waals surface area (Å²) in [6, 6.07) is 1.99. The van der Waals surface area contributed by atoms with Gasteiger partial charge in [-0.3, -0.25) is 0 Å². The molecule has 3 rings (SSSR count). The minimum absolute atomic E-state index is 0.365. The van der Waals surface area contributed by atoms with Crippen molar-refractivity contribution in [1.29, 1.82) is 0 Å². The SMILES string of the molecule is COC1(c2nc(NN)c3ccsc3n2)CCC(C)(C)CC1. The van der Waals surface area contributed by atoms with Crippen LogP contribution in [0.5, 0.6) is 0 Å². The van der Waals surface area contributed by atoms with Crippen LogP contribution in [0, 0.1) is 5.41 Å². The Balaban J connectivity index is 2.05. The molecule has 114 valence electrons. The second-order valence-corrected chi connectivity index (χ2v) is 7.44. The number of nitrogens with one attached hydrogen (secondary N) is 1. The maximum Gasteiger partial charge on any atom is 0.164 e. The largest absolute Gasteiger partial charge is 0.370 e. The van der Waals surface area contributed by atoms with Crippen LogP contribution in [0.15, 0.2) is 11.4 Å². The zero-order valence-corrected chi connectivity index (χ0v) is 13.6. The minimum atomic E-state index is -0.390. The first kappa shape index (κ1) is 14.7. The maximum absolute atomic E-state index is 5.89. The second kappa shape index (κ2) is 5.19. The Labute approximate surface area is 128 Å². The van der Waals surface area contributed by atoms with Crippen molar-refractivity contribution in [2.75, 3.05) is 12.5 Å². The van der Waals surface area contributed by atoms with E-state index in [0.29, 0.717) is 11.2 Å². The van der Waals surface area contributed by atoms with Crippen LogP contribution in [0.3, 0.4) is 0 Å². The van der Waals surface area contributed by atoms with Gasteiger partial charge >= 0.3 is 0 Å². The number of hydrogen-bond acceptors (Lipinski definition) is 6. The van der Waals surface area contributed by atoms with Gasteiger partial charge in [0.15, 0.2) is 11.6 Å². The number of aromatic nitrogens is 2. The summed E-state index contributed by atoms with van der Waals surface area (Å²) in [5.41, 5.74) is 2.67. The molecule has 0 aromatic carbocycles. The molecule has 0 bridgehead atoms. The monoisotopic (exact) mass is 306 g/mol. The molecule has 6 heteroatoms. The van der Waals surface area contributed by atoms with Gasteiger partial charge in [-0.2, -0.15) is 0 Å². The Morgan fingerprint density at radius 1 is 1.24 bits per heavy atom. The van der Waals surface area contributed by atoms with Crippen LogP contribution in [0.1, 0.15) is 45.4 Å². The van der Waals surface area contributed by atoms with Gasteiger partial charge in [0.1, 0.15) is 10.4 Å². The van der Waals surface area contributed by atoms with Crippen LogP contribution in [0.25, 0.3) is 10.2 Å². The van der Waals surface area contributed by atoms with Gasteiger partial charge in [0, 0.05) is 7.11 Å². The van der Waals surface area contributed by atoms with Gasteiger partial charge in [0.2, 0.25) is 0 Å². The summed E-state index contributed by atoms with van der Waals surface area (Å²) in [4.78, 5) is 10.3. The lowest BCUT2D eigenvalue weighted by atomic mass is 9.70. The van der Waals surface area contributed by atoms with E-state index in [1.165, 1.54) is 0 Å². The number of anilines is 1. The molecule has 2 aromatic heterocycles. The quantitative estimate of drug-likeness (QED) is 0.671. The molecule has 1 aliphatic rings. The third-order valence-corrected chi connectivity index (χ3v) is 5.48. The molecule has 21 heavy (non-hydrogen) atoms. The molecule has 0 saturated heterocycles. The number of hydrogen-bond donors (Lipinski definition) is 2. The van der Waals surface area contributed by atoms with E-state index in [1.807, 2.05) is 11.4 Å². The van der Waals surface area contributed by atoms with E-state index < -0.39 is 0 Å². The number of thiophene rings is 1. The lowest BCUT2D eigenvalue weighted by molar-refractivity contribution is -0.0725. The molecule has 5 nitrogen and oxygen atoms in total. The van der Waals surface area contributed by atoms with E-state index in [9.17, 15) is 0 Å². The molecule has 1 aliphatic carbocycles. The van der Waals surface area contributed by atoms with Crippen molar-refractivity contribution in [3.63, 3.8) is 0 Å². The topological polar surface area (TPSA) is 73.1 Å². The van der Waals surface area contributed by atoms with Crippen molar-refractivity contribution < 1.29 is 4.74 Å². The number of rotatable bonds is 3. The summed E-state index contributed by atoms with van der Waals surface area (Å²) in [6.07, 6.45) is 4.10. The fourth-order valence-electron chi connectivity index (χ4n) is 3.02. The molecule has 2 heterocycles. The highest BCUT2D eigenvalue weighted by Crippen LogP contribution is 2.46. The predicted octanol–water partition coefficient (Wildman–Crippen LogP) is 3.42. The summed E-state index contributed by atoms with van der Waals surface area (Å²) < 4.78 is 5.89. The first-order valence-electron chi connectivity index (χ1n) is 7.27. The number of nitrogens with zero attached hydrogens (tertiary/aromatic N) is 2. The van der Waals surface area contributed by atoms with Crippen LogP contribution in [0.2, 0.25) is 0 Å². The van der Waals surface area contributed by atoms with Gasteiger partial charge < -0.3 is 10.2 Å². The average molecular weight is 306 g/mol. The highest BCUT2D eigenvalue weighted by atomic mass is 32.1. The first-order chi connectivity index (χ1) is 10.00. The van der Waals surface area contributed by atoms with Crippen LogP contribution >= 0.6 is 11.3 Å². The number of methoxy groups -OCH3 is 1. The molecule has 0 amide bonds. The third kappa shape index (κ3) is 2.52. The molecule has 0 aliphatic heterocycles. The molecule has 1 saturated carbocycles. The van der Waals surface area contributed by atoms with Gasteiger partial charge in [-0.1, -0.05) is 13.8 Å². The van der Waals surface area contributed by atoms with Gasteiger partial charge in [-0.25, -0.2) is 15.8 Å². The first-order valence-corrected chi connectivity index (χ1v) is 8.15. The van der Waals surface area contributed by atoms with Crippen LogP contribution in [-0.2, 0) is 10.3 Å².